The smallest absolute Gasteiger partial charge is 0.271 e. The van der Waals surface area contributed by atoms with Crippen LogP contribution in [0.1, 0.15) is 32.6 Å². The van der Waals surface area contributed by atoms with E-state index in [0.717, 1.165) is 21.2 Å². The van der Waals surface area contributed by atoms with E-state index < -0.39 is 35.5 Å². The predicted molar refractivity (Wildman–Crippen MR) is 145 cm³/mol. The van der Waals surface area contributed by atoms with E-state index in [1.54, 1.807) is 24.3 Å². The van der Waals surface area contributed by atoms with Crippen molar-refractivity contribution in [2.75, 3.05) is 13.7 Å². The molecule has 1 fully saturated rings. The van der Waals surface area contributed by atoms with Crippen molar-refractivity contribution in [2.24, 2.45) is 0 Å². The summed E-state index contributed by atoms with van der Waals surface area (Å²) in [5.41, 5.74) is -0.0679. The molecule has 0 unspecified atom stereocenters. The quantitative estimate of drug-likeness (QED) is 0.267. The molecule has 2 heterocycles. The minimum atomic E-state index is -0.747. The number of aromatic nitrogens is 1. The third-order valence-electron chi connectivity index (χ3n) is 5.92. The highest BCUT2D eigenvalue weighted by Gasteiger charge is 2.35. The monoisotopic (exact) mass is 549 g/mol. The van der Waals surface area contributed by atoms with Gasteiger partial charge in [0.25, 0.3) is 11.5 Å². The van der Waals surface area contributed by atoms with E-state index >= 15 is 0 Å². The minimum Gasteiger partial charge on any atom is -0.497 e. The summed E-state index contributed by atoms with van der Waals surface area (Å²) in [7, 11) is 1.51. The van der Waals surface area contributed by atoms with Crippen LogP contribution in [0, 0.1) is 24.1 Å². The van der Waals surface area contributed by atoms with Gasteiger partial charge < -0.3 is 9.84 Å². The number of ether oxygens (including phenoxy) is 1. The number of nitriles is 1. The number of hydrogen-bond acceptors (Lipinski definition) is 8. The Hall–Kier alpha value is -4.27. The average molecular weight is 550 g/mol. The summed E-state index contributed by atoms with van der Waals surface area (Å²) in [4.78, 5) is 40.7. The molecule has 2 aromatic carbocycles. The summed E-state index contributed by atoms with van der Waals surface area (Å²) in [5.74, 6) is -1.65. The molecule has 192 valence electrons. The van der Waals surface area contributed by atoms with Crippen LogP contribution in [0.25, 0.3) is 6.08 Å². The van der Waals surface area contributed by atoms with Crippen molar-refractivity contribution in [1.82, 2.24) is 9.47 Å². The van der Waals surface area contributed by atoms with E-state index in [0.29, 0.717) is 16.9 Å². The summed E-state index contributed by atoms with van der Waals surface area (Å²) in [6.45, 7) is 0.778. The largest absolute Gasteiger partial charge is 0.497 e. The number of thiocarbonyl (C=S) groups is 1. The van der Waals surface area contributed by atoms with E-state index in [-0.39, 0.29) is 32.5 Å². The van der Waals surface area contributed by atoms with Gasteiger partial charge in [-0.2, -0.15) is 5.26 Å². The molecule has 1 aliphatic heterocycles. The molecule has 0 spiro atoms. The molecule has 1 aromatic heterocycles. The van der Waals surface area contributed by atoms with Crippen molar-refractivity contribution < 1.29 is 23.8 Å². The van der Waals surface area contributed by atoms with E-state index in [2.05, 4.69) is 0 Å². The van der Waals surface area contributed by atoms with Gasteiger partial charge in [-0.1, -0.05) is 48.2 Å². The second-order valence-electron chi connectivity index (χ2n) is 8.29. The number of carbonyl (C=O) groups is 2. The molecule has 1 N–H and O–H groups in total. The Morgan fingerprint density at radius 1 is 1.18 bits per heavy atom. The lowest BCUT2D eigenvalue weighted by Crippen LogP contribution is -2.35. The molecule has 0 bridgehead atoms. The number of pyridine rings is 1. The number of benzene rings is 2. The van der Waals surface area contributed by atoms with Gasteiger partial charge in [-0.25, -0.2) is 4.39 Å². The predicted octanol–water partition coefficient (Wildman–Crippen LogP) is 4.01. The molecule has 0 aliphatic carbocycles. The number of Topliss-reactive ketones (excluding diaryl/α,β-unsaturated/α-hetero) is 1. The zero-order valence-electron chi connectivity index (χ0n) is 20.2. The Morgan fingerprint density at radius 3 is 2.45 bits per heavy atom. The van der Waals surface area contributed by atoms with Gasteiger partial charge in [0.05, 0.1) is 30.7 Å². The van der Waals surface area contributed by atoms with E-state index in [1.807, 2.05) is 6.07 Å². The highest BCUT2D eigenvalue weighted by atomic mass is 32.2. The van der Waals surface area contributed by atoms with Gasteiger partial charge in [-0.3, -0.25) is 23.9 Å². The fourth-order valence-electron chi connectivity index (χ4n) is 3.91. The van der Waals surface area contributed by atoms with Crippen molar-refractivity contribution in [3.8, 4) is 17.7 Å². The lowest BCUT2D eigenvalue weighted by atomic mass is 10.0. The Bertz CT molecular complexity index is 1590. The number of rotatable bonds is 7. The van der Waals surface area contributed by atoms with Gasteiger partial charge in [-0.15, -0.1) is 0 Å². The molecular weight excluding hydrogens is 529 g/mol. The normalized spacial score (nSPS) is 14.2. The number of hydrogen-bond donors (Lipinski definition) is 1. The number of ketones is 1. The first kappa shape index (κ1) is 26.8. The van der Waals surface area contributed by atoms with E-state index in [9.17, 15) is 29.1 Å². The molecule has 1 amide bonds. The summed E-state index contributed by atoms with van der Waals surface area (Å²) < 4.78 is 19.4. The van der Waals surface area contributed by atoms with Crippen LogP contribution in [0.5, 0.6) is 11.6 Å². The van der Waals surface area contributed by atoms with Crippen LogP contribution in [-0.4, -0.2) is 44.2 Å². The number of nitrogens with zero attached hydrogens (tertiary/aromatic N) is 3. The number of methoxy groups -OCH3 is 1. The molecular formula is C27H20FN3O5S2. The Morgan fingerprint density at radius 2 is 1.84 bits per heavy atom. The topological polar surface area (TPSA) is 113 Å². The maximum Gasteiger partial charge on any atom is 0.271 e. The van der Waals surface area contributed by atoms with Crippen molar-refractivity contribution >= 4 is 46.1 Å². The summed E-state index contributed by atoms with van der Waals surface area (Å²) in [6, 6.07) is 14.1. The number of aromatic hydroxyl groups is 1. The first-order valence-electron chi connectivity index (χ1n) is 11.2. The second kappa shape index (κ2) is 11.0. The fourth-order valence-corrected chi connectivity index (χ4v) is 5.17. The van der Waals surface area contributed by atoms with Crippen LogP contribution >= 0.6 is 24.0 Å². The van der Waals surface area contributed by atoms with Crippen LogP contribution in [-0.2, 0) is 11.3 Å². The van der Waals surface area contributed by atoms with Crippen LogP contribution in [0.2, 0.25) is 0 Å². The van der Waals surface area contributed by atoms with Crippen LogP contribution in [0.3, 0.4) is 0 Å². The SMILES string of the molecule is COc1ccc(Cn2c(O)c(C(=O)CN3C(=O)/C(=C/c4ccc(F)cc4)SC3=S)c(C)c(C#N)c2=O)cc1. The van der Waals surface area contributed by atoms with E-state index in [1.165, 1.54) is 44.4 Å². The van der Waals surface area contributed by atoms with Gasteiger partial charge >= 0.3 is 0 Å². The van der Waals surface area contributed by atoms with Crippen molar-refractivity contribution in [3.63, 3.8) is 0 Å². The third kappa shape index (κ3) is 5.22. The molecule has 8 nitrogen and oxygen atoms in total. The number of halogens is 1. The highest BCUT2D eigenvalue weighted by molar-refractivity contribution is 8.26. The molecule has 11 heteroatoms. The second-order valence-corrected chi connectivity index (χ2v) is 9.97. The molecule has 0 radical (unpaired) electrons. The molecule has 4 rings (SSSR count). The number of thioether (sulfide) groups is 1. The Kier molecular flexibility index (Phi) is 7.75. The van der Waals surface area contributed by atoms with Gasteiger partial charge in [-0.05, 0) is 54.0 Å². The first-order valence-corrected chi connectivity index (χ1v) is 12.4. The maximum atomic E-state index is 13.4. The molecule has 0 saturated carbocycles. The van der Waals surface area contributed by atoms with Gasteiger partial charge in [0.15, 0.2) is 5.78 Å². The Labute approximate surface area is 226 Å². The number of amides is 1. The average Bonchev–Trinajstić information content (AvgIpc) is 3.15. The standard InChI is InChI=1S/C27H20FN3O5S2/c1-15-20(12-29)24(33)30(13-17-5-9-19(36-2)10-6-17)26(35)23(15)21(32)14-31-25(34)22(38-27(31)37)11-16-3-7-18(28)8-4-16/h3-11,35H,13-14H2,1-2H3/b22-11-. The molecule has 1 aliphatic rings. The van der Waals surface area contributed by atoms with Crippen LogP contribution < -0.4 is 10.3 Å². The lowest BCUT2D eigenvalue weighted by Gasteiger charge is -2.18. The minimum absolute atomic E-state index is 0.0123. The zero-order valence-corrected chi connectivity index (χ0v) is 21.9. The zero-order chi connectivity index (χ0) is 27.6. The molecule has 38 heavy (non-hydrogen) atoms. The molecule has 1 saturated heterocycles. The van der Waals surface area contributed by atoms with Gasteiger partial charge in [0.2, 0.25) is 5.88 Å². The Balaban J connectivity index is 1.66. The molecule has 0 atom stereocenters. The van der Waals surface area contributed by atoms with Crippen molar-refractivity contribution in [3.05, 3.63) is 97.4 Å². The number of carbonyl (C=O) groups excluding carboxylic acids is 2. The van der Waals surface area contributed by atoms with Gasteiger partial charge in [0, 0.05) is 0 Å². The first-order chi connectivity index (χ1) is 18.1. The highest BCUT2D eigenvalue weighted by Crippen LogP contribution is 2.33. The third-order valence-corrected chi connectivity index (χ3v) is 7.30. The fraction of sp³-hybridized carbons (Fsp3) is 0.148. The summed E-state index contributed by atoms with van der Waals surface area (Å²) >= 11 is 6.29. The van der Waals surface area contributed by atoms with Gasteiger partial charge in [0.1, 0.15) is 27.5 Å². The summed E-state index contributed by atoms with van der Waals surface area (Å²) in [6.07, 6.45) is 1.54. The van der Waals surface area contributed by atoms with Crippen molar-refractivity contribution in [2.45, 2.75) is 13.5 Å². The van der Waals surface area contributed by atoms with Crippen LogP contribution in [0.4, 0.5) is 4.39 Å². The summed E-state index contributed by atoms with van der Waals surface area (Å²) in [5, 5.41) is 20.6. The lowest BCUT2D eigenvalue weighted by molar-refractivity contribution is -0.121. The molecule has 3 aromatic rings. The maximum absolute atomic E-state index is 13.4. The van der Waals surface area contributed by atoms with Crippen LogP contribution in [0.15, 0.2) is 58.2 Å². The van der Waals surface area contributed by atoms with Crippen molar-refractivity contribution in [1.29, 1.82) is 5.26 Å². The van der Waals surface area contributed by atoms with E-state index in [4.69, 9.17) is 17.0 Å².